The van der Waals surface area contributed by atoms with Gasteiger partial charge < -0.3 is 24.8 Å². The van der Waals surface area contributed by atoms with Crippen LogP contribution < -0.4 is 24.8 Å². The Morgan fingerprint density at radius 1 is 0.488 bits per heavy atom. The minimum Gasteiger partial charge on any atom is -1.00 e. The van der Waals surface area contributed by atoms with Gasteiger partial charge in [-0.15, -0.1) is 0 Å². The van der Waals surface area contributed by atoms with Gasteiger partial charge in [0.2, 0.25) is 0 Å². The number of benzene rings is 4. The summed E-state index contributed by atoms with van der Waals surface area (Å²) in [7, 11) is 0. The summed E-state index contributed by atoms with van der Waals surface area (Å²) in [5, 5.41) is 5.58. The van der Waals surface area contributed by atoms with E-state index in [9.17, 15) is 0 Å². The van der Waals surface area contributed by atoms with E-state index in [0.29, 0.717) is 0 Å². The minimum atomic E-state index is -2.49. The standard InChI is InChI=1S/2C17H11.C6H10.2ClH.Zr/c2*1-2-6-15-12(4-1)8-10-14-11-9-13-5-3-7-16(13)17(14)15;1-2-4-6-5-3-1;;;/h2*1-6,8-10H,11H2;1-5H2;2*1H;/q;;;;;+2/p-2. The van der Waals surface area contributed by atoms with Gasteiger partial charge in [-0.2, -0.15) is 0 Å². The normalized spacial score (nSPS) is 17.8. The van der Waals surface area contributed by atoms with E-state index in [-0.39, 0.29) is 24.8 Å². The smallest absolute Gasteiger partial charge is 1.00 e. The topological polar surface area (TPSA) is 0 Å². The molecule has 1 saturated carbocycles. The van der Waals surface area contributed by atoms with E-state index in [1.807, 2.05) is 3.21 Å². The number of fused-ring (bicyclic) bond motifs is 10. The third kappa shape index (κ3) is 4.54. The Bertz CT molecular complexity index is 1920. The average Bonchev–Trinajstić information content (AvgIpc) is 3.66. The van der Waals surface area contributed by atoms with E-state index in [2.05, 4.69) is 109 Å². The predicted octanol–water partition coefficient (Wildman–Crippen LogP) is 3.98. The molecule has 4 aromatic carbocycles. The first-order valence-electron chi connectivity index (χ1n) is 15.4. The van der Waals surface area contributed by atoms with Crippen LogP contribution >= 0.6 is 0 Å². The van der Waals surface area contributed by atoms with Gasteiger partial charge in [-0.25, -0.2) is 0 Å². The molecule has 0 aliphatic heterocycles. The summed E-state index contributed by atoms with van der Waals surface area (Å²) in [5.74, 6) is 0. The van der Waals surface area contributed by atoms with Crippen LogP contribution in [-0.4, -0.2) is 3.21 Å². The predicted molar refractivity (Wildman–Crippen MR) is 172 cm³/mol. The SMILES string of the molecule is C1=C[C]([Zr+2]([C]2=C3C(=CCc4ccc5ccccc5c43)C=C2)=[C]2CCCCC2)=C2C1=CCc1ccc3ccccc3c12.[Cl-].[Cl-]. The van der Waals surface area contributed by atoms with Crippen molar-refractivity contribution < 1.29 is 46.1 Å². The second-order valence-corrected chi connectivity index (χ2v) is 18.4. The van der Waals surface area contributed by atoms with Gasteiger partial charge in [-0.1, -0.05) is 0 Å². The van der Waals surface area contributed by atoms with Crippen LogP contribution in [0.1, 0.15) is 54.4 Å². The van der Waals surface area contributed by atoms with Crippen LogP contribution in [0.3, 0.4) is 0 Å². The maximum atomic E-state index is 2.57. The molecule has 1 fully saturated rings. The zero-order valence-electron chi connectivity index (χ0n) is 24.1. The molecule has 5 aliphatic rings. The van der Waals surface area contributed by atoms with E-state index >= 15 is 0 Å². The van der Waals surface area contributed by atoms with E-state index in [0.717, 1.165) is 12.8 Å². The summed E-state index contributed by atoms with van der Waals surface area (Å²) in [5.41, 5.74) is 12.1. The second kappa shape index (κ2) is 11.6. The molecule has 3 heteroatoms. The molecule has 5 aliphatic carbocycles. The van der Waals surface area contributed by atoms with Crippen LogP contribution in [0.5, 0.6) is 0 Å². The zero-order valence-corrected chi connectivity index (χ0v) is 28.1. The van der Waals surface area contributed by atoms with Crippen LogP contribution in [0, 0.1) is 0 Å². The van der Waals surface area contributed by atoms with Gasteiger partial charge in [0.1, 0.15) is 0 Å². The van der Waals surface area contributed by atoms with Crippen molar-refractivity contribution in [1.82, 2.24) is 0 Å². The Morgan fingerprint density at radius 2 is 0.977 bits per heavy atom. The fraction of sp³-hybridized carbons (Fsp3) is 0.175. The molecule has 4 aromatic rings. The van der Waals surface area contributed by atoms with E-state index in [1.165, 1.54) is 87.0 Å². The van der Waals surface area contributed by atoms with Crippen LogP contribution in [0.15, 0.2) is 127 Å². The maximum absolute atomic E-state index is 2.57. The Labute approximate surface area is 274 Å². The van der Waals surface area contributed by atoms with Gasteiger partial charge in [0.15, 0.2) is 0 Å². The molecule has 0 N–H and O–H groups in total. The van der Waals surface area contributed by atoms with Crippen molar-refractivity contribution in [3.8, 4) is 0 Å². The second-order valence-electron chi connectivity index (χ2n) is 12.2. The monoisotopic (exact) mass is 672 g/mol. The molecule has 0 nitrogen and oxygen atoms in total. The summed E-state index contributed by atoms with van der Waals surface area (Å²) < 4.78 is 5.36. The molecular formula is C40H32Cl2Zr. The van der Waals surface area contributed by atoms with Crippen LogP contribution in [-0.2, 0) is 34.1 Å². The summed E-state index contributed by atoms with van der Waals surface area (Å²) in [6, 6.07) is 27.6. The first-order valence-corrected chi connectivity index (χ1v) is 19.0. The largest absolute Gasteiger partial charge is 1.00 e. The molecule has 210 valence electrons. The van der Waals surface area contributed by atoms with Gasteiger partial charge in [0.05, 0.1) is 0 Å². The Hall–Kier alpha value is -2.83. The van der Waals surface area contributed by atoms with Crippen LogP contribution in [0.25, 0.3) is 32.7 Å². The molecule has 0 bridgehead atoms. The fourth-order valence-electron chi connectivity index (χ4n) is 8.06. The van der Waals surface area contributed by atoms with Gasteiger partial charge in [0, 0.05) is 0 Å². The number of rotatable bonds is 2. The molecule has 0 saturated heterocycles. The van der Waals surface area contributed by atoms with Crippen molar-refractivity contribution in [1.29, 1.82) is 0 Å². The molecule has 0 aromatic heterocycles. The molecule has 0 amide bonds. The minimum absolute atomic E-state index is 0. The summed E-state index contributed by atoms with van der Waals surface area (Å²) >= 11 is -2.49. The molecule has 0 unspecified atom stereocenters. The average molecular weight is 675 g/mol. The number of hydrogen-bond acceptors (Lipinski definition) is 0. The number of halogens is 2. The summed E-state index contributed by atoms with van der Waals surface area (Å²) in [6.45, 7) is 0. The van der Waals surface area contributed by atoms with Gasteiger partial charge in [-0.05, 0) is 0 Å². The Kier molecular flexibility index (Phi) is 7.80. The number of allylic oxidation sites excluding steroid dienone is 12. The van der Waals surface area contributed by atoms with E-state index < -0.39 is 21.3 Å². The fourth-order valence-corrected chi connectivity index (χ4v) is 16.5. The molecule has 0 spiro atoms. The van der Waals surface area contributed by atoms with Crippen LogP contribution in [0.4, 0.5) is 0 Å². The Balaban J connectivity index is 0.00000150. The van der Waals surface area contributed by atoms with Gasteiger partial charge in [-0.3, -0.25) is 0 Å². The molecular weight excluding hydrogens is 643 g/mol. The van der Waals surface area contributed by atoms with E-state index in [4.69, 9.17) is 0 Å². The Morgan fingerprint density at radius 3 is 1.49 bits per heavy atom. The van der Waals surface area contributed by atoms with Gasteiger partial charge >= 0.3 is 251 Å². The molecule has 0 heterocycles. The van der Waals surface area contributed by atoms with Crippen molar-refractivity contribution in [3.05, 3.63) is 149 Å². The van der Waals surface area contributed by atoms with Crippen molar-refractivity contribution in [2.45, 2.75) is 44.9 Å². The third-order valence-electron chi connectivity index (χ3n) is 9.94. The van der Waals surface area contributed by atoms with Crippen molar-refractivity contribution >= 4 is 35.9 Å². The first kappa shape index (κ1) is 28.9. The van der Waals surface area contributed by atoms with E-state index in [1.54, 1.807) is 17.7 Å². The van der Waals surface area contributed by atoms with Gasteiger partial charge in [0.25, 0.3) is 0 Å². The van der Waals surface area contributed by atoms with Crippen molar-refractivity contribution in [2.75, 3.05) is 0 Å². The summed E-state index contributed by atoms with van der Waals surface area (Å²) in [6.07, 6.45) is 23.9. The third-order valence-corrected chi connectivity index (χ3v) is 17.6. The maximum Gasteiger partial charge on any atom is -1.00 e. The van der Waals surface area contributed by atoms with Crippen molar-refractivity contribution in [3.63, 3.8) is 0 Å². The van der Waals surface area contributed by atoms with Crippen LogP contribution in [0.2, 0.25) is 0 Å². The summed E-state index contributed by atoms with van der Waals surface area (Å²) in [4.78, 5) is 0. The quantitative estimate of drug-likeness (QED) is 0.302. The molecule has 9 rings (SSSR count). The molecule has 0 radical (unpaired) electrons. The molecule has 0 atom stereocenters. The first-order chi connectivity index (χ1) is 20.3. The zero-order chi connectivity index (χ0) is 26.9. The number of hydrogen-bond donors (Lipinski definition) is 0. The van der Waals surface area contributed by atoms with Crippen molar-refractivity contribution in [2.24, 2.45) is 0 Å². The molecule has 43 heavy (non-hydrogen) atoms.